The Bertz CT molecular complexity index is 173. The van der Waals surface area contributed by atoms with E-state index in [1.165, 1.54) is 0 Å². The van der Waals surface area contributed by atoms with Gasteiger partial charge in [0, 0.05) is 12.8 Å². The largest absolute Gasteiger partial charge is 0.508 e. The van der Waals surface area contributed by atoms with E-state index < -0.39 is 6.16 Å². The number of hydrogen-bond donors (Lipinski definition) is 0. The topological polar surface area (TPSA) is 44.8 Å². The Morgan fingerprint density at radius 3 is 2.64 bits per heavy atom. The molecule has 4 heteroatoms. The maximum absolute atomic E-state index is 11.1. The maximum Gasteiger partial charge on any atom is 0.508 e. The summed E-state index contributed by atoms with van der Waals surface area (Å²) >= 11 is 0. The molecule has 0 atom stereocenters. The zero-order valence-corrected chi connectivity index (χ0v) is 8.82. The summed E-state index contributed by atoms with van der Waals surface area (Å²) in [5, 5.41) is 0. The van der Waals surface area contributed by atoms with Crippen LogP contribution in [-0.2, 0) is 14.2 Å². The number of hydrogen-bond acceptors (Lipinski definition) is 4. The van der Waals surface area contributed by atoms with Gasteiger partial charge in [0.15, 0.2) is 0 Å². The molecule has 14 heavy (non-hydrogen) atoms. The van der Waals surface area contributed by atoms with Gasteiger partial charge in [0.1, 0.15) is 6.10 Å². The van der Waals surface area contributed by atoms with E-state index in [1.54, 1.807) is 0 Å². The molecule has 1 rings (SSSR count). The van der Waals surface area contributed by atoms with Crippen molar-refractivity contribution < 1.29 is 19.0 Å². The fourth-order valence-electron chi connectivity index (χ4n) is 1.20. The van der Waals surface area contributed by atoms with Gasteiger partial charge >= 0.3 is 6.16 Å². The van der Waals surface area contributed by atoms with E-state index in [1.807, 2.05) is 13.8 Å². The van der Waals surface area contributed by atoms with Crippen LogP contribution >= 0.6 is 0 Å². The first-order chi connectivity index (χ1) is 6.68. The van der Waals surface area contributed by atoms with Crippen molar-refractivity contribution in [3.63, 3.8) is 0 Å². The monoisotopic (exact) mass is 202 g/mol. The molecule has 0 aromatic heterocycles. The molecule has 0 spiro atoms. The molecule has 0 unspecified atom stereocenters. The number of carbonyl (C=O) groups excluding carboxylic acids is 1. The van der Waals surface area contributed by atoms with Crippen LogP contribution in [0.3, 0.4) is 0 Å². The van der Waals surface area contributed by atoms with Gasteiger partial charge in [0.2, 0.25) is 0 Å². The van der Waals surface area contributed by atoms with Crippen LogP contribution in [0, 0.1) is 5.92 Å². The first kappa shape index (κ1) is 11.3. The first-order valence-electron chi connectivity index (χ1n) is 5.09. The van der Waals surface area contributed by atoms with Crippen molar-refractivity contribution in [3.05, 3.63) is 0 Å². The molecule has 1 fully saturated rings. The van der Waals surface area contributed by atoms with Crippen molar-refractivity contribution >= 4 is 6.16 Å². The summed E-state index contributed by atoms with van der Waals surface area (Å²) < 4.78 is 15.2. The highest BCUT2D eigenvalue weighted by Gasteiger charge is 2.18. The molecule has 4 nitrogen and oxygen atoms in total. The average molecular weight is 202 g/mol. The highest BCUT2D eigenvalue weighted by atomic mass is 16.7. The third-order valence-electron chi connectivity index (χ3n) is 1.97. The van der Waals surface area contributed by atoms with Crippen LogP contribution in [0.1, 0.15) is 26.7 Å². The second-order valence-corrected chi connectivity index (χ2v) is 3.88. The molecule has 0 aromatic carbocycles. The standard InChI is InChI=1S/C10H18O4/c1-8(2)7-13-10(11)14-9-3-5-12-6-4-9/h8-9H,3-7H2,1-2H3. The Kier molecular flexibility index (Phi) is 4.73. The summed E-state index contributed by atoms with van der Waals surface area (Å²) in [6.07, 6.45) is 0.974. The lowest BCUT2D eigenvalue weighted by molar-refractivity contribution is -0.0300. The molecule has 0 amide bonds. The van der Waals surface area contributed by atoms with Crippen molar-refractivity contribution in [2.75, 3.05) is 19.8 Å². The molecule has 1 aliphatic rings. The van der Waals surface area contributed by atoms with Gasteiger partial charge in [0.25, 0.3) is 0 Å². The first-order valence-corrected chi connectivity index (χ1v) is 5.09. The zero-order valence-electron chi connectivity index (χ0n) is 8.82. The van der Waals surface area contributed by atoms with Gasteiger partial charge in [-0.3, -0.25) is 0 Å². The summed E-state index contributed by atoms with van der Waals surface area (Å²) in [5.41, 5.74) is 0. The Labute approximate surface area is 84.5 Å². The van der Waals surface area contributed by atoms with Crippen LogP contribution in [0.15, 0.2) is 0 Å². The predicted molar refractivity (Wildman–Crippen MR) is 51.1 cm³/mol. The molecule has 1 aliphatic heterocycles. The van der Waals surface area contributed by atoms with E-state index >= 15 is 0 Å². The van der Waals surface area contributed by atoms with Crippen LogP contribution in [0.2, 0.25) is 0 Å². The molecular weight excluding hydrogens is 184 g/mol. The lowest BCUT2D eigenvalue weighted by atomic mass is 10.2. The number of carbonyl (C=O) groups is 1. The van der Waals surface area contributed by atoms with Crippen molar-refractivity contribution in [1.82, 2.24) is 0 Å². The smallest absolute Gasteiger partial charge is 0.434 e. The fraction of sp³-hybridized carbons (Fsp3) is 0.900. The Hall–Kier alpha value is -0.770. The van der Waals surface area contributed by atoms with E-state index in [0.717, 1.165) is 12.8 Å². The predicted octanol–water partition coefficient (Wildman–Crippen LogP) is 1.97. The van der Waals surface area contributed by atoms with E-state index in [2.05, 4.69) is 0 Å². The normalized spacial score (nSPS) is 18.2. The fourth-order valence-corrected chi connectivity index (χ4v) is 1.20. The zero-order chi connectivity index (χ0) is 10.4. The molecule has 0 radical (unpaired) electrons. The summed E-state index contributed by atoms with van der Waals surface area (Å²) in [4.78, 5) is 11.1. The average Bonchev–Trinajstić information content (AvgIpc) is 2.16. The minimum Gasteiger partial charge on any atom is -0.434 e. The molecule has 1 saturated heterocycles. The van der Waals surface area contributed by atoms with Crippen molar-refractivity contribution in [3.8, 4) is 0 Å². The summed E-state index contributed by atoms with van der Waals surface area (Å²) in [5.74, 6) is 0.345. The molecule has 0 saturated carbocycles. The third-order valence-corrected chi connectivity index (χ3v) is 1.97. The van der Waals surface area contributed by atoms with Gasteiger partial charge in [0.05, 0.1) is 19.8 Å². The third kappa shape index (κ3) is 4.46. The van der Waals surface area contributed by atoms with E-state index in [9.17, 15) is 4.79 Å². The molecular formula is C10H18O4. The Morgan fingerprint density at radius 1 is 1.43 bits per heavy atom. The van der Waals surface area contributed by atoms with Gasteiger partial charge in [-0.05, 0) is 5.92 Å². The SMILES string of the molecule is CC(C)COC(=O)OC1CCOCC1. The highest BCUT2D eigenvalue weighted by Crippen LogP contribution is 2.11. The van der Waals surface area contributed by atoms with Crippen molar-refractivity contribution in [1.29, 1.82) is 0 Å². The molecule has 82 valence electrons. The quantitative estimate of drug-likeness (QED) is 0.656. The highest BCUT2D eigenvalue weighted by molar-refractivity contribution is 5.60. The summed E-state index contributed by atoms with van der Waals surface area (Å²) in [6, 6.07) is 0. The van der Waals surface area contributed by atoms with Crippen LogP contribution in [0.5, 0.6) is 0 Å². The van der Waals surface area contributed by atoms with Crippen LogP contribution in [-0.4, -0.2) is 32.1 Å². The molecule has 0 bridgehead atoms. The van der Waals surface area contributed by atoms with Crippen LogP contribution in [0.25, 0.3) is 0 Å². The van der Waals surface area contributed by atoms with Crippen molar-refractivity contribution in [2.45, 2.75) is 32.8 Å². The summed E-state index contributed by atoms with van der Waals surface area (Å²) in [7, 11) is 0. The van der Waals surface area contributed by atoms with Crippen molar-refractivity contribution in [2.24, 2.45) is 5.92 Å². The second kappa shape index (κ2) is 5.86. The van der Waals surface area contributed by atoms with E-state index in [-0.39, 0.29) is 6.10 Å². The Morgan fingerprint density at radius 2 is 2.07 bits per heavy atom. The minimum atomic E-state index is -0.550. The number of rotatable bonds is 3. The van der Waals surface area contributed by atoms with Crippen LogP contribution < -0.4 is 0 Å². The maximum atomic E-state index is 11.1. The van der Waals surface area contributed by atoms with Crippen LogP contribution in [0.4, 0.5) is 4.79 Å². The van der Waals surface area contributed by atoms with E-state index in [4.69, 9.17) is 14.2 Å². The molecule has 0 aromatic rings. The lowest BCUT2D eigenvalue weighted by Crippen LogP contribution is -2.26. The van der Waals surface area contributed by atoms with Gasteiger partial charge in [-0.1, -0.05) is 13.8 Å². The number of ether oxygens (including phenoxy) is 3. The Balaban J connectivity index is 2.12. The molecule has 1 heterocycles. The van der Waals surface area contributed by atoms with E-state index in [0.29, 0.717) is 25.7 Å². The van der Waals surface area contributed by atoms with Gasteiger partial charge in [-0.25, -0.2) is 4.79 Å². The second-order valence-electron chi connectivity index (χ2n) is 3.88. The van der Waals surface area contributed by atoms with Gasteiger partial charge in [-0.15, -0.1) is 0 Å². The lowest BCUT2D eigenvalue weighted by Gasteiger charge is -2.21. The molecule has 0 aliphatic carbocycles. The van der Waals surface area contributed by atoms with Gasteiger partial charge in [-0.2, -0.15) is 0 Å². The van der Waals surface area contributed by atoms with Gasteiger partial charge < -0.3 is 14.2 Å². The minimum absolute atomic E-state index is 0.0246. The summed E-state index contributed by atoms with van der Waals surface area (Å²) in [6.45, 7) is 5.73. The molecule has 0 N–H and O–H groups in total.